The molecule has 3 heteroatoms. The predicted octanol–water partition coefficient (Wildman–Crippen LogP) is 3.12. The summed E-state index contributed by atoms with van der Waals surface area (Å²) in [6.45, 7) is 7.29. The van der Waals surface area contributed by atoms with Gasteiger partial charge >= 0.3 is 0 Å². The molecule has 1 saturated carbocycles. The van der Waals surface area contributed by atoms with E-state index in [2.05, 4.69) is 38.2 Å². The number of rotatable bonds is 5. The molecule has 104 valence electrons. The fraction of sp³-hybridized carbons (Fsp3) is 0.625. The van der Waals surface area contributed by atoms with E-state index in [1.54, 1.807) is 0 Å². The Balaban J connectivity index is 1.49. The van der Waals surface area contributed by atoms with Gasteiger partial charge in [0, 0.05) is 12.1 Å². The molecule has 3 rings (SSSR count). The maximum absolute atomic E-state index is 5.41. The van der Waals surface area contributed by atoms with E-state index < -0.39 is 0 Å². The van der Waals surface area contributed by atoms with Crippen LogP contribution in [0.4, 0.5) is 0 Å². The summed E-state index contributed by atoms with van der Waals surface area (Å²) in [5.41, 5.74) is 1.83. The van der Waals surface area contributed by atoms with Gasteiger partial charge in [-0.05, 0) is 49.3 Å². The Labute approximate surface area is 115 Å². The molecule has 0 bridgehead atoms. The molecule has 2 atom stereocenters. The van der Waals surface area contributed by atoms with Gasteiger partial charge in [0.2, 0.25) is 6.79 Å². The monoisotopic (exact) mass is 261 g/mol. The van der Waals surface area contributed by atoms with Crippen LogP contribution >= 0.6 is 0 Å². The van der Waals surface area contributed by atoms with Crippen molar-refractivity contribution in [1.29, 1.82) is 0 Å². The lowest BCUT2D eigenvalue weighted by molar-refractivity contribution is 0.174. The molecule has 0 radical (unpaired) electrons. The lowest BCUT2D eigenvalue weighted by Gasteiger charge is -2.15. The number of hydrogen-bond acceptors (Lipinski definition) is 3. The summed E-state index contributed by atoms with van der Waals surface area (Å²) in [5.74, 6) is 1.76. The van der Waals surface area contributed by atoms with Gasteiger partial charge in [-0.1, -0.05) is 19.9 Å². The average molecular weight is 261 g/mol. The van der Waals surface area contributed by atoms with E-state index in [1.807, 2.05) is 6.07 Å². The summed E-state index contributed by atoms with van der Waals surface area (Å²) >= 11 is 0. The molecule has 1 aliphatic carbocycles. The standard InChI is InChI=1S/C16H23NO2/c1-11(17-15-9-16(15,2)3)4-5-12-6-7-13-14(8-12)19-10-18-13/h6-8,11,15,17H,4-5,9-10H2,1-3H3. The molecule has 0 aromatic heterocycles. The van der Waals surface area contributed by atoms with Gasteiger partial charge in [-0.15, -0.1) is 0 Å². The highest BCUT2D eigenvalue weighted by Crippen LogP contribution is 2.44. The Morgan fingerprint density at radius 3 is 2.79 bits per heavy atom. The number of aryl methyl sites for hydroxylation is 1. The third-order valence-electron chi connectivity index (χ3n) is 4.30. The third-order valence-corrected chi connectivity index (χ3v) is 4.30. The highest BCUT2D eigenvalue weighted by molar-refractivity contribution is 5.44. The molecule has 2 unspecified atom stereocenters. The Morgan fingerprint density at radius 2 is 2.05 bits per heavy atom. The van der Waals surface area contributed by atoms with E-state index in [-0.39, 0.29) is 0 Å². The Hall–Kier alpha value is -1.22. The maximum atomic E-state index is 5.41. The largest absolute Gasteiger partial charge is 0.454 e. The van der Waals surface area contributed by atoms with Gasteiger partial charge in [0.05, 0.1) is 0 Å². The van der Waals surface area contributed by atoms with Crippen LogP contribution in [0.25, 0.3) is 0 Å². The lowest BCUT2D eigenvalue weighted by Crippen LogP contribution is -2.30. The van der Waals surface area contributed by atoms with Crippen LogP contribution in [-0.2, 0) is 6.42 Å². The van der Waals surface area contributed by atoms with Crippen molar-refractivity contribution in [1.82, 2.24) is 5.32 Å². The molecule has 1 aliphatic heterocycles. The predicted molar refractivity (Wildman–Crippen MR) is 75.7 cm³/mol. The first-order valence-corrected chi connectivity index (χ1v) is 7.19. The summed E-state index contributed by atoms with van der Waals surface area (Å²) in [6.07, 6.45) is 3.55. The van der Waals surface area contributed by atoms with Crippen molar-refractivity contribution in [3.05, 3.63) is 23.8 Å². The van der Waals surface area contributed by atoms with E-state index in [1.165, 1.54) is 12.0 Å². The van der Waals surface area contributed by atoms with E-state index in [9.17, 15) is 0 Å². The molecular weight excluding hydrogens is 238 g/mol. The van der Waals surface area contributed by atoms with Gasteiger partial charge in [-0.3, -0.25) is 0 Å². The van der Waals surface area contributed by atoms with Crippen LogP contribution in [0, 0.1) is 5.41 Å². The molecular formula is C16H23NO2. The lowest BCUT2D eigenvalue weighted by atomic mass is 10.1. The fourth-order valence-corrected chi connectivity index (χ4v) is 2.66. The number of ether oxygens (including phenoxy) is 2. The minimum atomic E-state index is 0.355. The molecule has 1 N–H and O–H groups in total. The fourth-order valence-electron chi connectivity index (χ4n) is 2.66. The third kappa shape index (κ3) is 2.86. The Morgan fingerprint density at radius 1 is 1.32 bits per heavy atom. The Kier molecular flexibility index (Phi) is 3.17. The minimum Gasteiger partial charge on any atom is -0.454 e. The summed E-state index contributed by atoms with van der Waals surface area (Å²) in [5, 5.41) is 3.71. The van der Waals surface area contributed by atoms with Gasteiger partial charge in [0.25, 0.3) is 0 Å². The molecule has 0 amide bonds. The second-order valence-electron chi connectivity index (χ2n) is 6.54. The van der Waals surface area contributed by atoms with Crippen molar-refractivity contribution < 1.29 is 9.47 Å². The normalized spacial score (nSPS) is 24.3. The zero-order valence-corrected chi connectivity index (χ0v) is 12.0. The maximum Gasteiger partial charge on any atom is 0.231 e. The van der Waals surface area contributed by atoms with Crippen molar-refractivity contribution in [3.8, 4) is 11.5 Å². The molecule has 1 aromatic carbocycles. The molecule has 3 nitrogen and oxygen atoms in total. The highest BCUT2D eigenvalue weighted by atomic mass is 16.7. The highest BCUT2D eigenvalue weighted by Gasteiger charge is 2.45. The molecule has 1 heterocycles. The van der Waals surface area contributed by atoms with Crippen molar-refractivity contribution in [3.63, 3.8) is 0 Å². The molecule has 1 fully saturated rings. The SMILES string of the molecule is CC(CCc1ccc2c(c1)OCO2)NC1CC1(C)C. The summed E-state index contributed by atoms with van der Waals surface area (Å²) in [4.78, 5) is 0. The first-order valence-electron chi connectivity index (χ1n) is 7.19. The second-order valence-corrected chi connectivity index (χ2v) is 6.54. The van der Waals surface area contributed by atoms with Crippen LogP contribution in [0.1, 0.15) is 39.2 Å². The second kappa shape index (κ2) is 4.71. The first kappa shape index (κ1) is 12.8. The van der Waals surface area contributed by atoms with Crippen molar-refractivity contribution in [2.24, 2.45) is 5.41 Å². The van der Waals surface area contributed by atoms with Gasteiger partial charge in [-0.2, -0.15) is 0 Å². The van der Waals surface area contributed by atoms with Crippen LogP contribution in [-0.4, -0.2) is 18.9 Å². The van der Waals surface area contributed by atoms with Crippen molar-refractivity contribution in [2.75, 3.05) is 6.79 Å². The molecule has 0 saturated heterocycles. The number of hydrogen-bond donors (Lipinski definition) is 1. The first-order chi connectivity index (χ1) is 9.04. The quantitative estimate of drug-likeness (QED) is 0.883. The van der Waals surface area contributed by atoms with E-state index >= 15 is 0 Å². The number of fused-ring (bicyclic) bond motifs is 1. The summed E-state index contributed by atoms with van der Waals surface area (Å²) in [7, 11) is 0. The van der Waals surface area contributed by atoms with Crippen LogP contribution in [0.2, 0.25) is 0 Å². The zero-order chi connectivity index (χ0) is 13.5. The van der Waals surface area contributed by atoms with Gasteiger partial charge in [0.1, 0.15) is 0 Å². The smallest absolute Gasteiger partial charge is 0.231 e. The number of benzene rings is 1. The minimum absolute atomic E-state index is 0.355. The van der Waals surface area contributed by atoms with Crippen LogP contribution < -0.4 is 14.8 Å². The van der Waals surface area contributed by atoms with Gasteiger partial charge in [0.15, 0.2) is 11.5 Å². The van der Waals surface area contributed by atoms with E-state index in [0.717, 1.165) is 24.3 Å². The van der Waals surface area contributed by atoms with E-state index in [4.69, 9.17) is 9.47 Å². The topological polar surface area (TPSA) is 30.5 Å². The van der Waals surface area contributed by atoms with Crippen molar-refractivity contribution >= 4 is 0 Å². The zero-order valence-electron chi connectivity index (χ0n) is 12.0. The summed E-state index contributed by atoms with van der Waals surface area (Å²) < 4.78 is 10.7. The van der Waals surface area contributed by atoms with Gasteiger partial charge in [-0.25, -0.2) is 0 Å². The van der Waals surface area contributed by atoms with Crippen molar-refractivity contribution in [2.45, 2.75) is 52.1 Å². The van der Waals surface area contributed by atoms with Crippen LogP contribution in [0.5, 0.6) is 11.5 Å². The molecule has 1 aromatic rings. The van der Waals surface area contributed by atoms with Crippen LogP contribution in [0.3, 0.4) is 0 Å². The molecule has 2 aliphatic rings. The average Bonchev–Trinajstić information content (AvgIpc) is 2.78. The molecule has 19 heavy (non-hydrogen) atoms. The van der Waals surface area contributed by atoms with E-state index in [0.29, 0.717) is 24.3 Å². The number of nitrogens with one attached hydrogen (secondary N) is 1. The van der Waals surface area contributed by atoms with Crippen LogP contribution in [0.15, 0.2) is 18.2 Å². The van der Waals surface area contributed by atoms with Gasteiger partial charge < -0.3 is 14.8 Å². The molecule has 0 spiro atoms. The Bertz CT molecular complexity index is 470. The summed E-state index contributed by atoms with van der Waals surface area (Å²) in [6, 6.07) is 7.54.